The Morgan fingerprint density at radius 1 is 1.00 bits per heavy atom. The van der Waals surface area contributed by atoms with Crippen LogP contribution in [0.1, 0.15) is 19.3 Å². The van der Waals surface area contributed by atoms with Crippen LogP contribution in [0.25, 0.3) is 0 Å². The van der Waals surface area contributed by atoms with Gasteiger partial charge in [0.15, 0.2) is 0 Å². The van der Waals surface area contributed by atoms with E-state index in [1.54, 1.807) is 0 Å². The number of quaternary nitrogens is 1. The Balaban J connectivity index is 3.38. The van der Waals surface area contributed by atoms with Crippen LogP contribution in [-0.2, 0) is 0 Å². The Morgan fingerprint density at radius 3 is 2.33 bits per heavy atom. The molecule has 0 aromatic heterocycles. The third-order valence-corrected chi connectivity index (χ3v) is 2.76. The number of nitrogens with one attached hydrogen (secondary N) is 2. The van der Waals surface area contributed by atoms with Crippen LogP contribution in [0.4, 0.5) is 0 Å². The zero-order valence-electron chi connectivity index (χ0n) is 10.4. The van der Waals surface area contributed by atoms with Gasteiger partial charge in [-0.3, -0.25) is 0 Å². The molecule has 15 heavy (non-hydrogen) atoms. The summed E-state index contributed by atoms with van der Waals surface area (Å²) in [6.07, 6.45) is 3.72. The lowest BCUT2D eigenvalue weighted by atomic mass is 9.97. The molecule has 0 fully saturated rings. The molecule has 0 saturated heterocycles. The molecule has 0 rings (SSSR count). The van der Waals surface area contributed by atoms with Crippen molar-refractivity contribution < 1.29 is 5.32 Å². The summed E-state index contributed by atoms with van der Waals surface area (Å²) in [6.45, 7) is 5.44. The molecule has 0 amide bonds. The maximum atomic E-state index is 5.61. The molecular weight excluding hydrogens is 188 g/mol. The largest absolute Gasteiger partial charge is 0.345 e. The number of nitrogens with two attached hydrogens (primary N) is 2. The number of likely N-dealkylation sites (N-methyl/N-ethyl adjacent to an activating group) is 1. The summed E-state index contributed by atoms with van der Waals surface area (Å²) in [5, 5.41) is 8.75. The molecule has 0 spiro atoms. The van der Waals surface area contributed by atoms with E-state index in [1.807, 2.05) is 14.1 Å². The van der Waals surface area contributed by atoms with Crippen LogP contribution in [0.3, 0.4) is 0 Å². The molecule has 0 saturated carbocycles. The Hall–Kier alpha value is -0.160. The number of hydrogen-bond acceptors (Lipinski definition) is 3. The molecule has 4 heteroatoms. The minimum Gasteiger partial charge on any atom is -0.345 e. The van der Waals surface area contributed by atoms with Gasteiger partial charge in [0.25, 0.3) is 0 Å². The third kappa shape index (κ3) is 10.1. The summed E-state index contributed by atoms with van der Waals surface area (Å²) in [6, 6.07) is 0. The summed E-state index contributed by atoms with van der Waals surface area (Å²) >= 11 is 0. The zero-order valence-corrected chi connectivity index (χ0v) is 10.4. The smallest absolute Gasteiger partial charge is 0.0882 e. The molecule has 0 aliphatic carbocycles. The van der Waals surface area contributed by atoms with Crippen LogP contribution in [-0.4, -0.2) is 46.8 Å². The number of hydrogen-bond donors (Lipinski definition) is 4. The Kier molecular flexibility index (Phi) is 11.8. The highest BCUT2D eigenvalue weighted by molar-refractivity contribution is 4.60. The van der Waals surface area contributed by atoms with E-state index in [0.29, 0.717) is 0 Å². The van der Waals surface area contributed by atoms with Gasteiger partial charge in [0.2, 0.25) is 0 Å². The van der Waals surface area contributed by atoms with Crippen LogP contribution in [0, 0.1) is 5.92 Å². The van der Waals surface area contributed by atoms with Gasteiger partial charge in [-0.15, -0.1) is 0 Å². The molecular formula is C11H29N4+. The third-order valence-electron chi connectivity index (χ3n) is 2.76. The fourth-order valence-corrected chi connectivity index (χ4v) is 1.76. The topological polar surface area (TPSA) is 66.7 Å². The fraction of sp³-hybridized carbons (Fsp3) is 1.00. The summed E-state index contributed by atoms with van der Waals surface area (Å²) in [5.41, 5.74) is 5.61. The van der Waals surface area contributed by atoms with E-state index in [2.05, 4.69) is 16.0 Å². The first kappa shape index (κ1) is 14.8. The van der Waals surface area contributed by atoms with Gasteiger partial charge in [0.1, 0.15) is 0 Å². The molecule has 0 aliphatic heterocycles. The maximum Gasteiger partial charge on any atom is 0.0882 e. The predicted octanol–water partition coefficient (Wildman–Crippen LogP) is -1.27. The first-order valence-corrected chi connectivity index (χ1v) is 6.16. The lowest BCUT2D eigenvalue weighted by Gasteiger charge is -2.14. The first-order valence-electron chi connectivity index (χ1n) is 6.16. The molecule has 92 valence electrons. The fourth-order valence-electron chi connectivity index (χ4n) is 1.76. The van der Waals surface area contributed by atoms with E-state index in [-0.39, 0.29) is 0 Å². The Morgan fingerprint density at radius 2 is 1.73 bits per heavy atom. The van der Waals surface area contributed by atoms with Gasteiger partial charge in [-0.05, 0) is 52.4 Å². The second-order valence-corrected chi connectivity index (χ2v) is 4.09. The van der Waals surface area contributed by atoms with Gasteiger partial charge in [0.05, 0.1) is 13.1 Å². The van der Waals surface area contributed by atoms with Crippen molar-refractivity contribution in [1.29, 1.82) is 0 Å². The second-order valence-electron chi connectivity index (χ2n) is 4.09. The highest BCUT2D eigenvalue weighted by Crippen LogP contribution is 2.10. The van der Waals surface area contributed by atoms with E-state index in [4.69, 9.17) is 5.73 Å². The average Bonchev–Trinajstić information content (AvgIpc) is 2.25. The van der Waals surface area contributed by atoms with Crippen LogP contribution in [0.5, 0.6) is 0 Å². The normalized spacial score (nSPS) is 13.0. The summed E-state index contributed by atoms with van der Waals surface area (Å²) in [5.74, 6) is 0.799. The molecule has 0 aliphatic rings. The van der Waals surface area contributed by atoms with Crippen LogP contribution >= 0.6 is 0 Å². The quantitative estimate of drug-likeness (QED) is 0.326. The summed E-state index contributed by atoms with van der Waals surface area (Å²) < 4.78 is 0. The average molecular weight is 217 g/mol. The molecule has 1 unspecified atom stereocenters. The van der Waals surface area contributed by atoms with Crippen LogP contribution in [0.2, 0.25) is 0 Å². The standard InChI is InChI=1S/C11H28N4/c1-13-7-4-11(3-6-12)5-8-15-10-9-14-2/h11,13-15H,3-10,12H2,1-2H3/p+1. The Bertz CT molecular complexity index is 119. The SMILES string of the molecule is CNCC[NH2+]CCC(CCN)CCNC. The van der Waals surface area contributed by atoms with Crippen molar-refractivity contribution in [2.24, 2.45) is 11.7 Å². The number of rotatable bonds is 11. The lowest BCUT2D eigenvalue weighted by molar-refractivity contribution is -0.654. The summed E-state index contributed by atoms with van der Waals surface area (Å²) in [7, 11) is 4.01. The maximum absolute atomic E-state index is 5.61. The molecule has 0 heterocycles. The molecule has 0 bridgehead atoms. The van der Waals surface area contributed by atoms with Crippen molar-refractivity contribution in [1.82, 2.24) is 10.6 Å². The van der Waals surface area contributed by atoms with E-state index in [1.165, 1.54) is 32.4 Å². The molecule has 6 N–H and O–H groups in total. The molecule has 0 aromatic rings. The van der Waals surface area contributed by atoms with Gasteiger partial charge < -0.3 is 21.7 Å². The van der Waals surface area contributed by atoms with Gasteiger partial charge >= 0.3 is 0 Å². The zero-order chi connectivity index (χ0) is 11.4. The molecule has 1 atom stereocenters. The first-order chi connectivity index (χ1) is 7.35. The highest BCUT2D eigenvalue weighted by atomic mass is 14.9. The lowest BCUT2D eigenvalue weighted by Crippen LogP contribution is -2.85. The van der Waals surface area contributed by atoms with Gasteiger partial charge in [-0.25, -0.2) is 0 Å². The van der Waals surface area contributed by atoms with Crippen molar-refractivity contribution in [3.63, 3.8) is 0 Å². The van der Waals surface area contributed by atoms with Crippen molar-refractivity contribution in [3.8, 4) is 0 Å². The van der Waals surface area contributed by atoms with Crippen LogP contribution in [0.15, 0.2) is 0 Å². The molecule has 4 nitrogen and oxygen atoms in total. The van der Waals surface area contributed by atoms with Crippen molar-refractivity contribution >= 4 is 0 Å². The summed E-state index contributed by atoms with van der Waals surface area (Å²) in [4.78, 5) is 0. The monoisotopic (exact) mass is 217 g/mol. The molecule has 0 aromatic carbocycles. The predicted molar refractivity (Wildman–Crippen MR) is 65.9 cm³/mol. The van der Waals surface area contributed by atoms with Crippen molar-refractivity contribution in [2.75, 3.05) is 46.8 Å². The minimum atomic E-state index is 0.799. The van der Waals surface area contributed by atoms with Gasteiger partial charge in [-0.2, -0.15) is 0 Å². The van der Waals surface area contributed by atoms with E-state index < -0.39 is 0 Å². The second kappa shape index (κ2) is 11.9. The van der Waals surface area contributed by atoms with E-state index >= 15 is 0 Å². The molecule has 0 radical (unpaired) electrons. The van der Waals surface area contributed by atoms with Gasteiger partial charge in [-0.1, -0.05) is 0 Å². The highest BCUT2D eigenvalue weighted by Gasteiger charge is 2.07. The van der Waals surface area contributed by atoms with Crippen molar-refractivity contribution in [3.05, 3.63) is 0 Å². The van der Waals surface area contributed by atoms with Crippen LogP contribution < -0.4 is 21.7 Å². The minimum absolute atomic E-state index is 0.799. The Labute approximate surface area is 94.4 Å². The van der Waals surface area contributed by atoms with Gasteiger partial charge in [0, 0.05) is 6.54 Å². The van der Waals surface area contributed by atoms with E-state index in [9.17, 15) is 0 Å². The van der Waals surface area contributed by atoms with E-state index in [0.717, 1.165) is 25.6 Å². The van der Waals surface area contributed by atoms with Crippen molar-refractivity contribution in [2.45, 2.75) is 19.3 Å².